The Hall–Kier alpha value is -1.79. The van der Waals surface area contributed by atoms with Crippen LogP contribution in [0.1, 0.15) is 47.0 Å². The molecule has 0 radical (unpaired) electrons. The van der Waals surface area contributed by atoms with E-state index < -0.39 is 0 Å². The second kappa shape index (κ2) is 10.3. The number of carbonyl (C=O) groups is 2. The van der Waals surface area contributed by atoms with Crippen LogP contribution >= 0.6 is 0 Å². The summed E-state index contributed by atoms with van der Waals surface area (Å²) in [5.41, 5.74) is 0. The van der Waals surface area contributed by atoms with Crippen LogP contribution in [0.25, 0.3) is 0 Å². The highest BCUT2D eigenvalue weighted by molar-refractivity contribution is 5.85. The summed E-state index contributed by atoms with van der Waals surface area (Å²) in [4.78, 5) is 31.8. The van der Waals surface area contributed by atoms with E-state index in [1.807, 2.05) is 18.7 Å². The van der Waals surface area contributed by atoms with Crippen LogP contribution in [0, 0.1) is 5.92 Å². The molecule has 0 aliphatic carbocycles. The van der Waals surface area contributed by atoms with Crippen LogP contribution in [0.5, 0.6) is 0 Å². The molecular formula is C18H35N5O2. The number of carbonyl (C=O) groups excluding carboxylic acids is 2. The predicted molar refractivity (Wildman–Crippen MR) is 101 cm³/mol. The molecule has 1 aliphatic heterocycles. The van der Waals surface area contributed by atoms with E-state index in [1.54, 1.807) is 19.0 Å². The average molecular weight is 354 g/mol. The maximum Gasteiger partial charge on any atom is 0.243 e. The summed E-state index contributed by atoms with van der Waals surface area (Å²) in [5, 5.41) is 6.78. The summed E-state index contributed by atoms with van der Waals surface area (Å²) in [6.07, 6.45) is 2.76. The molecule has 1 rings (SSSR count). The minimum Gasteiger partial charge on any atom is -0.354 e. The molecule has 2 amide bonds. The standard InChI is InChI=1S/C18H35N5O2/c1-7-14(4)20-18(19-12-16(24)22(5)6)21-15-8-10-23(11-9-15)17(25)13(2)3/h13-15H,7-12H2,1-6H3,(H2,19,20,21). The van der Waals surface area contributed by atoms with Crippen LogP contribution in [-0.2, 0) is 9.59 Å². The van der Waals surface area contributed by atoms with Crippen LogP contribution in [0.3, 0.4) is 0 Å². The van der Waals surface area contributed by atoms with E-state index in [4.69, 9.17) is 0 Å². The van der Waals surface area contributed by atoms with E-state index in [2.05, 4.69) is 29.5 Å². The zero-order valence-corrected chi connectivity index (χ0v) is 16.6. The molecular weight excluding hydrogens is 318 g/mol. The lowest BCUT2D eigenvalue weighted by molar-refractivity contribution is -0.135. The van der Waals surface area contributed by atoms with Crippen molar-refractivity contribution in [2.24, 2.45) is 10.9 Å². The Balaban J connectivity index is 2.61. The maximum atomic E-state index is 12.1. The lowest BCUT2D eigenvalue weighted by Crippen LogP contribution is -2.51. The van der Waals surface area contributed by atoms with Gasteiger partial charge in [0.2, 0.25) is 11.8 Å². The first kappa shape index (κ1) is 21.3. The Labute approximate surface area is 152 Å². The first-order valence-electron chi connectivity index (χ1n) is 9.31. The second-order valence-electron chi connectivity index (χ2n) is 7.31. The van der Waals surface area contributed by atoms with Crippen molar-refractivity contribution in [2.45, 2.75) is 59.0 Å². The minimum absolute atomic E-state index is 0.0254. The summed E-state index contributed by atoms with van der Waals surface area (Å²) in [7, 11) is 3.46. The Bertz CT molecular complexity index is 468. The number of guanidine groups is 1. The number of rotatable bonds is 6. The molecule has 0 aromatic heterocycles. The largest absolute Gasteiger partial charge is 0.354 e. The minimum atomic E-state index is -0.0254. The van der Waals surface area contributed by atoms with Gasteiger partial charge < -0.3 is 20.4 Å². The predicted octanol–water partition coefficient (Wildman–Crippen LogP) is 1.06. The highest BCUT2D eigenvalue weighted by atomic mass is 16.2. The van der Waals surface area contributed by atoms with Gasteiger partial charge >= 0.3 is 0 Å². The van der Waals surface area contributed by atoms with Crippen LogP contribution in [0.15, 0.2) is 4.99 Å². The van der Waals surface area contributed by atoms with Crippen molar-refractivity contribution in [1.29, 1.82) is 0 Å². The van der Waals surface area contributed by atoms with Crippen molar-refractivity contribution < 1.29 is 9.59 Å². The average Bonchev–Trinajstić information content (AvgIpc) is 2.58. The molecule has 0 aromatic carbocycles. The summed E-state index contributed by atoms with van der Waals surface area (Å²) < 4.78 is 0. The highest BCUT2D eigenvalue weighted by Crippen LogP contribution is 2.13. The maximum absolute atomic E-state index is 12.1. The Morgan fingerprint density at radius 1 is 1.20 bits per heavy atom. The van der Waals surface area contributed by atoms with Gasteiger partial charge in [-0.05, 0) is 26.2 Å². The highest BCUT2D eigenvalue weighted by Gasteiger charge is 2.25. The first-order valence-corrected chi connectivity index (χ1v) is 9.31. The van der Waals surface area contributed by atoms with Crippen LogP contribution in [-0.4, -0.2) is 73.4 Å². The molecule has 144 valence electrons. The number of likely N-dealkylation sites (tertiary alicyclic amines) is 1. The van der Waals surface area contributed by atoms with E-state index in [0.29, 0.717) is 5.96 Å². The fourth-order valence-electron chi connectivity index (χ4n) is 2.56. The molecule has 7 nitrogen and oxygen atoms in total. The third kappa shape index (κ3) is 7.32. The van der Waals surface area contributed by atoms with E-state index in [1.165, 1.54) is 0 Å². The van der Waals surface area contributed by atoms with Gasteiger partial charge in [-0.25, -0.2) is 4.99 Å². The number of hydrogen-bond acceptors (Lipinski definition) is 3. The van der Waals surface area contributed by atoms with Crippen molar-refractivity contribution in [3.8, 4) is 0 Å². The normalized spacial score (nSPS) is 17.4. The second-order valence-corrected chi connectivity index (χ2v) is 7.31. The van der Waals surface area contributed by atoms with Gasteiger partial charge in [0.1, 0.15) is 6.54 Å². The SMILES string of the molecule is CCC(C)NC(=NCC(=O)N(C)C)NC1CCN(C(=O)C(C)C)CC1. The number of piperidine rings is 1. The quantitative estimate of drug-likeness (QED) is 0.553. The summed E-state index contributed by atoms with van der Waals surface area (Å²) in [6.45, 7) is 9.74. The monoisotopic (exact) mass is 353 g/mol. The number of aliphatic imine (C=N–C) groups is 1. The number of likely N-dealkylation sites (N-methyl/N-ethyl adjacent to an activating group) is 1. The number of amides is 2. The lowest BCUT2D eigenvalue weighted by atomic mass is 10.0. The van der Waals surface area contributed by atoms with Crippen LogP contribution < -0.4 is 10.6 Å². The van der Waals surface area contributed by atoms with E-state index in [-0.39, 0.29) is 36.4 Å². The summed E-state index contributed by atoms with van der Waals surface area (Å²) in [5.74, 6) is 0.924. The molecule has 25 heavy (non-hydrogen) atoms. The van der Waals surface area contributed by atoms with E-state index in [9.17, 15) is 9.59 Å². The van der Waals surface area contributed by atoms with Gasteiger partial charge in [-0.3, -0.25) is 9.59 Å². The van der Waals surface area contributed by atoms with Gasteiger partial charge in [0.15, 0.2) is 5.96 Å². The fourth-order valence-corrected chi connectivity index (χ4v) is 2.56. The number of nitrogens with zero attached hydrogens (tertiary/aromatic N) is 3. The topological polar surface area (TPSA) is 77.0 Å². The van der Waals surface area contributed by atoms with Gasteiger partial charge in [0.05, 0.1) is 0 Å². The molecule has 0 spiro atoms. The van der Waals surface area contributed by atoms with Crippen molar-refractivity contribution in [2.75, 3.05) is 33.7 Å². The smallest absolute Gasteiger partial charge is 0.243 e. The van der Waals surface area contributed by atoms with Crippen molar-refractivity contribution in [3.05, 3.63) is 0 Å². The zero-order chi connectivity index (χ0) is 19.0. The molecule has 1 atom stereocenters. The van der Waals surface area contributed by atoms with Gasteiger partial charge in [-0.1, -0.05) is 20.8 Å². The molecule has 1 saturated heterocycles. The number of hydrogen-bond donors (Lipinski definition) is 2. The molecule has 0 saturated carbocycles. The third-order valence-corrected chi connectivity index (χ3v) is 4.51. The molecule has 1 unspecified atom stereocenters. The van der Waals surface area contributed by atoms with Crippen molar-refractivity contribution >= 4 is 17.8 Å². The van der Waals surface area contributed by atoms with Gasteiger partial charge in [0, 0.05) is 45.2 Å². The molecule has 0 aromatic rings. The molecule has 2 N–H and O–H groups in total. The summed E-state index contributed by atoms with van der Waals surface area (Å²) in [6, 6.07) is 0.546. The zero-order valence-electron chi connectivity index (χ0n) is 16.6. The lowest BCUT2D eigenvalue weighted by Gasteiger charge is -2.34. The molecule has 1 aliphatic rings. The Morgan fingerprint density at radius 2 is 1.80 bits per heavy atom. The van der Waals surface area contributed by atoms with E-state index in [0.717, 1.165) is 32.4 Å². The fraction of sp³-hybridized carbons (Fsp3) is 0.833. The first-order chi connectivity index (χ1) is 11.7. The summed E-state index contributed by atoms with van der Waals surface area (Å²) >= 11 is 0. The Morgan fingerprint density at radius 3 is 2.28 bits per heavy atom. The molecule has 1 fully saturated rings. The van der Waals surface area contributed by atoms with E-state index >= 15 is 0 Å². The van der Waals surface area contributed by atoms with Crippen molar-refractivity contribution in [3.63, 3.8) is 0 Å². The molecule has 0 bridgehead atoms. The number of nitrogens with one attached hydrogen (secondary N) is 2. The molecule has 7 heteroatoms. The van der Waals surface area contributed by atoms with Gasteiger partial charge in [0.25, 0.3) is 0 Å². The third-order valence-electron chi connectivity index (χ3n) is 4.51. The Kier molecular flexibility index (Phi) is 8.72. The van der Waals surface area contributed by atoms with Gasteiger partial charge in [-0.15, -0.1) is 0 Å². The van der Waals surface area contributed by atoms with Gasteiger partial charge in [-0.2, -0.15) is 0 Å². The van der Waals surface area contributed by atoms with Crippen LogP contribution in [0.4, 0.5) is 0 Å². The van der Waals surface area contributed by atoms with Crippen molar-refractivity contribution in [1.82, 2.24) is 20.4 Å². The van der Waals surface area contributed by atoms with Crippen LogP contribution in [0.2, 0.25) is 0 Å². The molecule has 1 heterocycles.